The van der Waals surface area contributed by atoms with Crippen molar-refractivity contribution in [2.75, 3.05) is 19.1 Å². The van der Waals surface area contributed by atoms with Gasteiger partial charge in [-0.05, 0) is 48.9 Å². The zero-order valence-corrected chi connectivity index (χ0v) is 15.0. The fraction of sp³-hybridized carbons (Fsp3) is 0.200. The van der Waals surface area contributed by atoms with Crippen LogP contribution in [0.2, 0.25) is 0 Å². The zero-order valence-electron chi connectivity index (χ0n) is 15.0. The summed E-state index contributed by atoms with van der Waals surface area (Å²) in [5.74, 6) is -1.35. The van der Waals surface area contributed by atoms with Crippen LogP contribution < -0.4 is 14.4 Å². The Labute approximate surface area is 155 Å². The maximum atomic E-state index is 13.3. The minimum absolute atomic E-state index is 0.0310. The molecular weight excluding hydrogens is 353 g/mol. The van der Waals surface area contributed by atoms with Crippen LogP contribution in [-0.2, 0) is 9.59 Å². The second-order valence-electron chi connectivity index (χ2n) is 5.99. The highest BCUT2D eigenvalue weighted by Crippen LogP contribution is 2.43. The molecule has 1 aliphatic heterocycles. The third-order valence-electron chi connectivity index (χ3n) is 4.42. The predicted octanol–water partition coefficient (Wildman–Crippen LogP) is 3.33. The molecule has 140 valence electrons. The average molecular weight is 371 g/mol. The van der Waals surface area contributed by atoms with Gasteiger partial charge in [-0.2, -0.15) is 0 Å². The van der Waals surface area contributed by atoms with E-state index in [1.807, 2.05) is 0 Å². The van der Waals surface area contributed by atoms with Gasteiger partial charge in [-0.1, -0.05) is 6.07 Å². The zero-order chi connectivity index (χ0) is 19.7. The lowest BCUT2D eigenvalue weighted by atomic mass is 9.96. The SMILES string of the molecule is COc1ccc(C2C(C(C)=O)=C(O)C(=O)N2c2ccc(F)cc2)cc1OC. The molecule has 27 heavy (non-hydrogen) atoms. The number of halogens is 1. The fourth-order valence-corrected chi connectivity index (χ4v) is 3.17. The first-order chi connectivity index (χ1) is 12.9. The molecule has 2 aromatic rings. The van der Waals surface area contributed by atoms with Crippen LogP contribution in [0.4, 0.5) is 10.1 Å². The summed E-state index contributed by atoms with van der Waals surface area (Å²) in [6.07, 6.45) is 0. The molecule has 0 radical (unpaired) electrons. The lowest BCUT2D eigenvalue weighted by Gasteiger charge is -2.27. The number of hydrogen-bond acceptors (Lipinski definition) is 5. The summed E-state index contributed by atoms with van der Waals surface area (Å²) in [5.41, 5.74) is 0.861. The number of ketones is 1. The highest BCUT2D eigenvalue weighted by atomic mass is 19.1. The molecule has 1 aliphatic rings. The molecule has 0 aromatic heterocycles. The fourth-order valence-electron chi connectivity index (χ4n) is 3.17. The summed E-state index contributed by atoms with van der Waals surface area (Å²) in [5, 5.41) is 10.3. The molecular formula is C20H18FNO5. The van der Waals surface area contributed by atoms with Crippen LogP contribution in [0.5, 0.6) is 11.5 Å². The highest BCUT2D eigenvalue weighted by Gasteiger charge is 2.43. The molecule has 1 N–H and O–H groups in total. The Hall–Kier alpha value is -3.35. The van der Waals surface area contributed by atoms with Gasteiger partial charge < -0.3 is 14.6 Å². The Morgan fingerprint density at radius 1 is 1.07 bits per heavy atom. The quantitative estimate of drug-likeness (QED) is 0.872. The van der Waals surface area contributed by atoms with Crippen molar-refractivity contribution < 1.29 is 28.6 Å². The number of carbonyl (C=O) groups is 2. The smallest absolute Gasteiger partial charge is 0.294 e. The van der Waals surface area contributed by atoms with E-state index < -0.39 is 29.3 Å². The van der Waals surface area contributed by atoms with Gasteiger partial charge in [0.25, 0.3) is 5.91 Å². The van der Waals surface area contributed by atoms with E-state index in [1.54, 1.807) is 18.2 Å². The molecule has 1 atom stereocenters. The third kappa shape index (κ3) is 3.12. The summed E-state index contributed by atoms with van der Waals surface area (Å²) in [7, 11) is 2.96. The van der Waals surface area contributed by atoms with Gasteiger partial charge in [-0.3, -0.25) is 14.5 Å². The number of ether oxygens (including phenoxy) is 2. The second kappa shape index (κ2) is 7.11. The molecule has 2 aromatic carbocycles. The lowest BCUT2D eigenvalue weighted by molar-refractivity contribution is -0.117. The Morgan fingerprint density at radius 3 is 2.26 bits per heavy atom. The van der Waals surface area contributed by atoms with Gasteiger partial charge in [0, 0.05) is 5.69 Å². The molecule has 7 heteroatoms. The molecule has 1 heterocycles. The largest absolute Gasteiger partial charge is 0.503 e. The van der Waals surface area contributed by atoms with Crippen LogP contribution in [-0.4, -0.2) is 31.0 Å². The normalized spacial score (nSPS) is 16.7. The maximum absolute atomic E-state index is 13.3. The van der Waals surface area contributed by atoms with Gasteiger partial charge in [0.1, 0.15) is 5.82 Å². The summed E-state index contributed by atoms with van der Waals surface area (Å²) in [6, 6.07) is 9.32. The van der Waals surface area contributed by atoms with Crippen LogP contribution in [0.3, 0.4) is 0 Å². The van der Waals surface area contributed by atoms with E-state index in [0.717, 1.165) is 0 Å². The Balaban J connectivity index is 2.18. The van der Waals surface area contributed by atoms with Gasteiger partial charge in [0.2, 0.25) is 0 Å². The first-order valence-electron chi connectivity index (χ1n) is 8.14. The number of aliphatic hydroxyl groups is 1. The van der Waals surface area contributed by atoms with E-state index >= 15 is 0 Å². The van der Waals surface area contributed by atoms with Crippen LogP contribution in [0, 0.1) is 5.82 Å². The summed E-state index contributed by atoms with van der Waals surface area (Å²) in [6.45, 7) is 1.28. The number of aliphatic hydroxyl groups excluding tert-OH is 1. The number of benzene rings is 2. The maximum Gasteiger partial charge on any atom is 0.294 e. The van der Waals surface area contributed by atoms with Crippen molar-refractivity contribution >= 4 is 17.4 Å². The van der Waals surface area contributed by atoms with Crippen molar-refractivity contribution in [2.45, 2.75) is 13.0 Å². The Kier molecular flexibility index (Phi) is 4.85. The van der Waals surface area contributed by atoms with Crippen LogP contribution in [0.15, 0.2) is 53.8 Å². The standard InChI is InChI=1S/C20H18FNO5/c1-11(23)17-18(12-4-9-15(26-2)16(10-12)27-3)22(20(25)19(17)24)14-7-5-13(21)6-8-14/h4-10,18,24H,1-3H3. The van der Waals surface area contributed by atoms with E-state index in [2.05, 4.69) is 0 Å². The molecule has 0 fully saturated rings. The van der Waals surface area contributed by atoms with Crippen molar-refractivity contribution in [3.8, 4) is 11.5 Å². The minimum Gasteiger partial charge on any atom is -0.503 e. The molecule has 1 unspecified atom stereocenters. The van der Waals surface area contributed by atoms with Gasteiger partial charge in [0.05, 0.1) is 25.8 Å². The molecule has 0 saturated carbocycles. The van der Waals surface area contributed by atoms with Crippen molar-refractivity contribution in [1.82, 2.24) is 0 Å². The number of hydrogen-bond donors (Lipinski definition) is 1. The molecule has 0 spiro atoms. The first kappa shape index (κ1) is 18.4. The number of carbonyl (C=O) groups excluding carboxylic acids is 2. The second-order valence-corrected chi connectivity index (χ2v) is 5.99. The Bertz CT molecular complexity index is 936. The van der Waals surface area contributed by atoms with Crippen molar-refractivity contribution in [3.05, 3.63) is 65.2 Å². The topological polar surface area (TPSA) is 76.1 Å². The first-order valence-corrected chi connectivity index (χ1v) is 8.14. The molecule has 0 bridgehead atoms. The highest BCUT2D eigenvalue weighted by molar-refractivity contribution is 6.16. The lowest BCUT2D eigenvalue weighted by Crippen LogP contribution is -2.30. The van der Waals surface area contributed by atoms with Crippen LogP contribution >= 0.6 is 0 Å². The molecule has 0 saturated heterocycles. The average Bonchev–Trinajstić information content (AvgIpc) is 2.93. The summed E-state index contributed by atoms with van der Waals surface area (Å²) >= 11 is 0. The number of nitrogens with zero attached hydrogens (tertiary/aromatic N) is 1. The van der Waals surface area contributed by atoms with E-state index in [9.17, 15) is 19.1 Å². The summed E-state index contributed by atoms with van der Waals surface area (Å²) < 4.78 is 23.8. The van der Waals surface area contributed by atoms with Crippen molar-refractivity contribution in [3.63, 3.8) is 0 Å². The summed E-state index contributed by atoms with van der Waals surface area (Å²) in [4.78, 5) is 26.1. The molecule has 3 rings (SSSR count). The van der Waals surface area contributed by atoms with Gasteiger partial charge in [-0.25, -0.2) is 4.39 Å². The number of methoxy groups -OCH3 is 2. The van der Waals surface area contributed by atoms with E-state index in [4.69, 9.17) is 9.47 Å². The number of Topliss-reactive ketones (excluding diaryl/α,β-unsaturated/α-hetero) is 1. The number of amides is 1. The van der Waals surface area contributed by atoms with Gasteiger partial charge in [-0.15, -0.1) is 0 Å². The predicted molar refractivity (Wildman–Crippen MR) is 96.5 cm³/mol. The molecule has 0 aliphatic carbocycles. The van der Waals surface area contributed by atoms with E-state index in [0.29, 0.717) is 22.7 Å². The van der Waals surface area contributed by atoms with Gasteiger partial charge in [0.15, 0.2) is 23.0 Å². The Morgan fingerprint density at radius 2 is 1.70 bits per heavy atom. The van der Waals surface area contributed by atoms with E-state index in [-0.39, 0.29) is 5.57 Å². The number of rotatable bonds is 5. The van der Waals surface area contributed by atoms with Gasteiger partial charge >= 0.3 is 0 Å². The monoisotopic (exact) mass is 371 g/mol. The van der Waals surface area contributed by atoms with Crippen LogP contribution in [0.25, 0.3) is 0 Å². The molecule has 6 nitrogen and oxygen atoms in total. The van der Waals surface area contributed by atoms with E-state index in [1.165, 1.54) is 50.3 Å². The van der Waals surface area contributed by atoms with Crippen molar-refractivity contribution in [2.24, 2.45) is 0 Å². The molecule has 1 amide bonds. The third-order valence-corrected chi connectivity index (χ3v) is 4.42. The van der Waals surface area contributed by atoms with Crippen molar-refractivity contribution in [1.29, 1.82) is 0 Å². The van der Waals surface area contributed by atoms with Crippen LogP contribution in [0.1, 0.15) is 18.5 Å². The number of anilines is 1. The minimum atomic E-state index is -0.875.